The number of nitrogens with zero attached hydrogens (tertiary/aromatic N) is 2. The number of thiazole rings is 1. The molecule has 1 aliphatic rings. The Morgan fingerprint density at radius 2 is 2.17 bits per heavy atom. The van der Waals surface area contributed by atoms with Crippen molar-refractivity contribution >= 4 is 23.4 Å². The van der Waals surface area contributed by atoms with Crippen LogP contribution in [0.1, 0.15) is 62.5 Å². The SMILES string of the molecule is CCOC(=O)c1csc([C@@H](C)[C@@H]2CCN(C(=O)OC(C)(C)C)C2)n1. The minimum Gasteiger partial charge on any atom is -0.461 e. The van der Waals surface area contributed by atoms with E-state index in [-0.39, 0.29) is 18.0 Å². The van der Waals surface area contributed by atoms with E-state index in [9.17, 15) is 9.59 Å². The molecule has 1 saturated heterocycles. The van der Waals surface area contributed by atoms with E-state index in [2.05, 4.69) is 11.9 Å². The molecule has 1 aromatic rings. The molecule has 1 aliphatic heterocycles. The molecule has 7 heteroatoms. The molecule has 0 N–H and O–H groups in total. The Kier molecular flexibility index (Phi) is 5.85. The van der Waals surface area contributed by atoms with Gasteiger partial charge in [0.25, 0.3) is 0 Å². The fourth-order valence-electron chi connectivity index (χ4n) is 2.68. The third-order valence-corrected chi connectivity index (χ3v) is 5.03. The molecule has 1 fully saturated rings. The lowest BCUT2D eigenvalue weighted by Crippen LogP contribution is -2.35. The molecule has 0 saturated carbocycles. The van der Waals surface area contributed by atoms with Crippen LogP contribution in [0.15, 0.2) is 5.38 Å². The van der Waals surface area contributed by atoms with Crippen LogP contribution >= 0.6 is 11.3 Å². The van der Waals surface area contributed by atoms with Gasteiger partial charge in [0.2, 0.25) is 0 Å². The number of aromatic nitrogens is 1. The van der Waals surface area contributed by atoms with E-state index in [0.717, 1.165) is 11.4 Å². The average Bonchev–Trinajstić information content (AvgIpc) is 3.15. The Morgan fingerprint density at radius 3 is 2.79 bits per heavy atom. The molecular formula is C17H26N2O4S. The van der Waals surface area contributed by atoms with Crippen molar-refractivity contribution in [3.8, 4) is 0 Å². The highest BCUT2D eigenvalue weighted by Gasteiger charge is 2.34. The maximum absolute atomic E-state index is 12.2. The maximum Gasteiger partial charge on any atom is 0.410 e. The summed E-state index contributed by atoms with van der Waals surface area (Å²) >= 11 is 1.47. The van der Waals surface area contributed by atoms with Gasteiger partial charge in [0.15, 0.2) is 5.69 Å². The fraction of sp³-hybridized carbons (Fsp3) is 0.706. The second kappa shape index (κ2) is 7.51. The zero-order chi connectivity index (χ0) is 17.9. The molecule has 0 spiro atoms. The largest absolute Gasteiger partial charge is 0.461 e. The number of carbonyl (C=O) groups excluding carboxylic acids is 2. The number of amides is 1. The molecule has 0 aliphatic carbocycles. The maximum atomic E-state index is 12.2. The first-order valence-electron chi connectivity index (χ1n) is 8.31. The van der Waals surface area contributed by atoms with Gasteiger partial charge >= 0.3 is 12.1 Å². The highest BCUT2D eigenvalue weighted by Crippen LogP contribution is 2.34. The van der Waals surface area contributed by atoms with Crippen molar-refractivity contribution in [3.05, 3.63) is 16.1 Å². The molecular weight excluding hydrogens is 328 g/mol. The summed E-state index contributed by atoms with van der Waals surface area (Å²) in [6.45, 7) is 11.2. The third kappa shape index (κ3) is 4.69. The van der Waals surface area contributed by atoms with Gasteiger partial charge in [-0.15, -0.1) is 11.3 Å². The molecule has 0 radical (unpaired) electrons. The summed E-state index contributed by atoms with van der Waals surface area (Å²) in [5.41, 5.74) is -0.115. The smallest absolute Gasteiger partial charge is 0.410 e. The van der Waals surface area contributed by atoms with E-state index in [0.29, 0.717) is 31.3 Å². The van der Waals surface area contributed by atoms with Crippen LogP contribution in [-0.2, 0) is 9.47 Å². The van der Waals surface area contributed by atoms with E-state index in [1.807, 2.05) is 20.8 Å². The van der Waals surface area contributed by atoms with Gasteiger partial charge in [-0.2, -0.15) is 0 Å². The molecule has 24 heavy (non-hydrogen) atoms. The van der Waals surface area contributed by atoms with Gasteiger partial charge in [-0.05, 0) is 40.0 Å². The van der Waals surface area contributed by atoms with E-state index in [1.54, 1.807) is 17.2 Å². The minimum atomic E-state index is -0.482. The molecule has 1 aromatic heterocycles. The standard InChI is InChI=1S/C17H26N2O4S/c1-6-22-15(20)13-10-24-14(18-13)11(2)12-7-8-19(9-12)16(21)23-17(3,4)5/h10-12H,6-9H2,1-5H3/t11-,12+/m0/s1. The number of carbonyl (C=O) groups is 2. The van der Waals surface area contributed by atoms with Crippen molar-refractivity contribution in [1.82, 2.24) is 9.88 Å². The lowest BCUT2D eigenvalue weighted by atomic mass is 9.94. The van der Waals surface area contributed by atoms with Gasteiger partial charge in [-0.1, -0.05) is 6.92 Å². The van der Waals surface area contributed by atoms with Crippen LogP contribution in [-0.4, -0.2) is 47.2 Å². The summed E-state index contributed by atoms with van der Waals surface area (Å²) in [6.07, 6.45) is 0.651. The summed E-state index contributed by atoms with van der Waals surface area (Å²) in [6, 6.07) is 0. The molecule has 0 unspecified atom stereocenters. The van der Waals surface area contributed by atoms with Gasteiger partial charge < -0.3 is 14.4 Å². The first-order valence-corrected chi connectivity index (χ1v) is 9.19. The van der Waals surface area contributed by atoms with Crippen LogP contribution in [0.2, 0.25) is 0 Å². The number of hydrogen-bond acceptors (Lipinski definition) is 6. The molecule has 2 heterocycles. The van der Waals surface area contributed by atoms with Crippen LogP contribution in [0.3, 0.4) is 0 Å². The van der Waals surface area contributed by atoms with E-state index in [1.165, 1.54) is 11.3 Å². The molecule has 0 aromatic carbocycles. The molecule has 2 rings (SSSR count). The van der Waals surface area contributed by atoms with Crippen molar-refractivity contribution in [2.24, 2.45) is 5.92 Å². The summed E-state index contributed by atoms with van der Waals surface area (Å²) < 4.78 is 10.4. The van der Waals surface area contributed by atoms with Gasteiger partial charge in [-0.25, -0.2) is 14.6 Å². The highest BCUT2D eigenvalue weighted by molar-refractivity contribution is 7.09. The van der Waals surface area contributed by atoms with Crippen LogP contribution in [0.5, 0.6) is 0 Å². The molecule has 0 bridgehead atoms. The third-order valence-electron chi connectivity index (χ3n) is 3.98. The van der Waals surface area contributed by atoms with E-state index >= 15 is 0 Å². The van der Waals surface area contributed by atoms with Gasteiger partial charge in [0, 0.05) is 24.4 Å². The fourth-order valence-corrected chi connectivity index (χ4v) is 3.62. The molecule has 6 nitrogen and oxygen atoms in total. The van der Waals surface area contributed by atoms with E-state index in [4.69, 9.17) is 9.47 Å². The number of ether oxygens (including phenoxy) is 2. The average molecular weight is 354 g/mol. The second-order valence-corrected chi connectivity index (χ2v) is 7.94. The zero-order valence-corrected chi connectivity index (χ0v) is 15.8. The monoisotopic (exact) mass is 354 g/mol. The Hall–Kier alpha value is -1.63. The minimum absolute atomic E-state index is 0.186. The quantitative estimate of drug-likeness (QED) is 0.772. The van der Waals surface area contributed by atoms with Crippen LogP contribution < -0.4 is 0 Å². The number of likely N-dealkylation sites (tertiary alicyclic amines) is 1. The first kappa shape index (κ1) is 18.7. The molecule has 1 amide bonds. The topological polar surface area (TPSA) is 68.7 Å². The van der Waals surface area contributed by atoms with Crippen LogP contribution in [0.25, 0.3) is 0 Å². The second-order valence-electron chi connectivity index (χ2n) is 7.06. The van der Waals surface area contributed by atoms with Crippen LogP contribution in [0.4, 0.5) is 4.79 Å². The summed E-state index contributed by atoms with van der Waals surface area (Å²) in [5.74, 6) is 0.123. The lowest BCUT2D eigenvalue weighted by molar-refractivity contribution is 0.0286. The van der Waals surface area contributed by atoms with Gasteiger partial charge in [0.1, 0.15) is 5.60 Å². The van der Waals surface area contributed by atoms with E-state index < -0.39 is 5.60 Å². The van der Waals surface area contributed by atoms with Crippen molar-refractivity contribution in [3.63, 3.8) is 0 Å². The summed E-state index contributed by atoms with van der Waals surface area (Å²) in [7, 11) is 0. The number of rotatable bonds is 4. The van der Waals surface area contributed by atoms with Crippen molar-refractivity contribution in [1.29, 1.82) is 0 Å². The Balaban J connectivity index is 1.96. The predicted octanol–water partition coefficient (Wildman–Crippen LogP) is 3.68. The summed E-state index contributed by atoms with van der Waals surface area (Å²) in [4.78, 5) is 30.1. The highest BCUT2D eigenvalue weighted by atomic mass is 32.1. The first-order chi connectivity index (χ1) is 11.2. The Bertz CT molecular complexity index is 594. The van der Waals surface area contributed by atoms with Crippen molar-refractivity contribution in [2.75, 3.05) is 19.7 Å². The predicted molar refractivity (Wildman–Crippen MR) is 92.4 cm³/mol. The Labute approximate surface area is 147 Å². The molecule has 134 valence electrons. The van der Waals surface area contributed by atoms with Crippen LogP contribution in [0, 0.1) is 5.92 Å². The normalized spacial score (nSPS) is 19.2. The van der Waals surface area contributed by atoms with Crippen molar-refractivity contribution < 1.29 is 19.1 Å². The Morgan fingerprint density at radius 1 is 1.46 bits per heavy atom. The number of esters is 1. The molecule has 2 atom stereocenters. The zero-order valence-electron chi connectivity index (χ0n) is 15.0. The van der Waals surface area contributed by atoms with Crippen molar-refractivity contribution in [2.45, 2.75) is 52.6 Å². The lowest BCUT2D eigenvalue weighted by Gasteiger charge is -2.25. The van der Waals surface area contributed by atoms with Gasteiger partial charge in [0.05, 0.1) is 11.6 Å². The summed E-state index contributed by atoms with van der Waals surface area (Å²) in [5, 5.41) is 2.65. The number of hydrogen-bond donors (Lipinski definition) is 0. The van der Waals surface area contributed by atoms with Gasteiger partial charge in [-0.3, -0.25) is 0 Å².